The molecule has 5 nitrogen and oxygen atoms in total. The van der Waals surface area contributed by atoms with Crippen LogP contribution in [0, 0.1) is 18.3 Å². The minimum atomic E-state index is -0.138. The van der Waals surface area contributed by atoms with E-state index < -0.39 is 0 Å². The number of hydrazone groups is 1. The lowest BCUT2D eigenvalue weighted by Gasteiger charge is -2.19. The quantitative estimate of drug-likeness (QED) is 0.345. The van der Waals surface area contributed by atoms with Crippen molar-refractivity contribution in [2.75, 3.05) is 11.4 Å². The number of thiol groups is 1. The van der Waals surface area contributed by atoms with Crippen LogP contribution < -0.4 is 10.3 Å². The third kappa shape index (κ3) is 2.85. The van der Waals surface area contributed by atoms with Crippen molar-refractivity contribution >= 4 is 35.1 Å². The number of nitrogens with zero attached hydrogens (tertiary/aromatic N) is 2. The summed E-state index contributed by atoms with van der Waals surface area (Å²) in [7, 11) is 0. The smallest absolute Gasteiger partial charge is 0.279 e. The number of hydrogen-bond acceptors (Lipinski definition) is 3. The molecule has 1 aromatic carbocycles. The Balaban J connectivity index is 2.46. The first-order valence-corrected chi connectivity index (χ1v) is 6.89. The number of benzene rings is 1. The van der Waals surface area contributed by atoms with Gasteiger partial charge in [-0.15, -0.1) is 12.6 Å². The molecular formula is C14H18N4OS. The molecule has 0 saturated heterocycles. The van der Waals surface area contributed by atoms with Crippen molar-refractivity contribution in [1.29, 1.82) is 5.41 Å². The molecule has 106 valence electrons. The molecule has 1 aliphatic heterocycles. The second-order valence-electron chi connectivity index (χ2n) is 5.25. The molecule has 0 unspecified atom stereocenters. The molecule has 0 radical (unpaired) electrons. The number of amidine groups is 1. The summed E-state index contributed by atoms with van der Waals surface area (Å²) in [5.41, 5.74) is 5.52. The van der Waals surface area contributed by atoms with Crippen LogP contribution in [0.1, 0.15) is 25.0 Å². The molecule has 2 rings (SSSR count). The largest absolute Gasteiger partial charge is 0.306 e. The first kappa shape index (κ1) is 14.6. The van der Waals surface area contributed by atoms with Gasteiger partial charge in [0, 0.05) is 12.1 Å². The van der Waals surface area contributed by atoms with Gasteiger partial charge >= 0.3 is 0 Å². The molecular weight excluding hydrogens is 272 g/mol. The molecule has 1 amide bonds. The lowest BCUT2D eigenvalue weighted by Crippen LogP contribution is -2.34. The molecule has 0 aromatic heterocycles. The highest BCUT2D eigenvalue weighted by Gasteiger charge is 2.34. The molecule has 0 atom stereocenters. The highest BCUT2D eigenvalue weighted by atomic mass is 32.1. The number of carbonyl (C=O) groups excluding carboxylic acids is 1. The van der Waals surface area contributed by atoms with Crippen LogP contribution in [0.5, 0.6) is 0 Å². The highest BCUT2D eigenvalue weighted by molar-refractivity contribution is 7.96. The molecule has 0 bridgehead atoms. The van der Waals surface area contributed by atoms with Gasteiger partial charge in [-0.2, -0.15) is 5.10 Å². The topological polar surface area (TPSA) is 68.5 Å². The predicted octanol–water partition coefficient (Wildman–Crippen LogP) is 2.16. The van der Waals surface area contributed by atoms with E-state index in [0.717, 1.165) is 16.8 Å². The maximum absolute atomic E-state index is 12.5. The zero-order chi connectivity index (χ0) is 14.9. The molecule has 1 heterocycles. The van der Waals surface area contributed by atoms with Gasteiger partial charge in [0.15, 0.2) is 10.9 Å². The van der Waals surface area contributed by atoms with E-state index in [4.69, 9.17) is 5.41 Å². The minimum absolute atomic E-state index is 0.0955. The summed E-state index contributed by atoms with van der Waals surface area (Å²) in [4.78, 5) is 14.2. The van der Waals surface area contributed by atoms with E-state index in [1.54, 1.807) is 4.90 Å². The van der Waals surface area contributed by atoms with Crippen molar-refractivity contribution in [2.45, 2.75) is 20.8 Å². The van der Waals surface area contributed by atoms with E-state index in [9.17, 15) is 4.79 Å². The standard InChI is InChI=1S/C14H18N4OS/c1-8(2)7-18-11-5-4-9(3)6-10(11)12(13(18)19)16-17-14(15)20/h4-6,8H,7H2,1-3H3,(H3,15,17,20)/b16-12-. The fourth-order valence-corrected chi connectivity index (χ4v) is 2.24. The van der Waals surface area contributed by atoms with Gasteiger partial charge in [-0.1, -0.05) is 25.5 Å². The second-order valence-corrected chi connectivity index (χ2v) is 5.70. The fourth-order valence-electron chi connectivity index (χ4n) is 2.19. The Kier molecular flexibility index (Phi) is 4.13. The van der Waals surface area contributed by atoms with Crippen molar-refractivity contribution in [2.24, 2.45) is 11.0 Å². The summed E-state index contributed by atoms with van der Waals surface area (Å²) in [5, 5.41) is 11.2. The molecule has 0 aliphatic carbocycles. The Morgan fingerprint density at radius 3 is 2.80 bits per heavy atom. The monoisotopic (exact) mass is 290 g/mol. The fraction of sp³-hybridized carbons (Fsp3) is 0.357. The molecule has 0 saturated carbocycles. The lowest BCUT2D eigenvalue weighted by molar-refractivity contribution is -0.112. The maximum atomic E-state index is 12.5. The summed E-state index contributed by atoms with van der Waals surface area (Å²) in [6.07, 6.45) is 0. The lowest BCUT2D eigenvalue weighted by atomic mass is 10.1. The summed E-state index contributed by atoms with van der Waals surface area (Å²) in [6.45, 7) is 6.75. The van der Waals surface area contributed by atoms with Crippen molar-refractivity contribution in [1.82, 2.24) is 5.43 Å². The number of hydrogen-bond donors (Lipinski definition) is 3. The normalized spacial score (nSPS) is 15.9. The van der Waals surface area contributed by atoms with Gasteiger partial charge in [0.1, 0.15) is 0 Å². The van der Waals surface area contributed by atoms with Crippen LogP contribution in [0.4, 0.5) is 5.69 Å². The van der Waals surface area contributed by atoms with E-state index in [2.05, 4.69) is 37.0 Å². The van der Waals surface area contributed by atoms with Gasteiger partial charge in [0.25, 0.3) is 5.91 Å². The molecule has 1 aromatic rings. The number of aryl methyl sites for hydroxylation is 1. The van der Waals surface area contributed by atoms with Gasteiger partial charge in [-0.3, -0.25) is 15.6 Å². The van der Waals surface area contributed by atoms with Crippen LogP contribution in [0.2, 0.25) is 0 Å². The Morgan fingerprint density at radius 1 is 1.50 bits per heavy atom. The maximum Gasteiger partial charge on any atom is 0.279 e. The zero-order valence-corrected chi connectivity index (χ0v) is 12.7. The minimum Gasteiger partial charge on any atom is -0.306 e. The van der Waals surface area contributed by atoms with Crippen LogP contribution in [0.15, 0.2) is 23.3 Å². The number of amides is 1. The summed E-state index contributed by atoms with van der Waals surface area (Å²) in [6, 6.07) is 5.87. The van der Waals surface area contributed by atoms with Crippen molar-refractivity contribution in [3.63, 3.8) is 0 Å². The third-order valence-corrected chi connectivity index (χ3v) is 3.07. The highest BCUT2D eigenvalue weighted by Crippen LogP contribution is 2.30. The molecule has 0 spiro atoms. The summed E-state index contributed by atoms with van der Waals surface area (Å²) in [5.74, 6) is 0.227. The van der Waals surface area contributed by atoms with Crippen molar-refractivity contribution in [3.05, 3.63) is 29.3 Å². The van der Waals surface area contributed by atoms with E-state index in [-0.39, 0.29) is 11.1 Å². The van der Waals surface area contributed by atoms with Crippen molar-refractivity contribution < 1.29 is 4.79 Å². The number of nitrogens with one attached hydrogen (secondary N) is 2. The average Bonchev–Trinajstić information content (AvgIpc) is 2.59. The Bertz CT molecular complexity index is 595. The Morgan fingerprint density at radius 2 is 2.20 bits per heavy atom. The Labute approximate surface area is 124 Å². The molecule has 0 fully saturated rings. The first-order chi connectivity index (χ1) is 9.40. The number of anilines is 1. The Hall–Kier alpha value is -1.82. The van der Waals surface area contributed by atoms with E-state index in [1.165, 1.54) is 0 Å². The van der Waals surface area contributed by atoms with Gasteiger partial charge in [0.2, 0.25) is 0 Å². The van der Waals surface area contributed by atoms with Crippen LogP contribution in [-0.4, -0.2) is 23.3 Å². The average molecular weight is 290 g/mol. The van der Waals surface area contributed by atoms with Crippen molar-refractivity contribution in [3.8, 4) is 0 Å². The molecule has 20 heavy (non-hydrogen) atoms. The van der Waals surface area contributed by atoms with Crippen LogP contribution in [0.25, 0.3) is 0 Å². The van der Waals surface area contributed by atoms with Gasteiger partial charge < -0.3 is 4.90 Å². The molecule has 6 heteroatoms. The van der Waals surface area contributed by atoms with E-state index in [0.29, 0.717) is 18.2 Å². The van der Waals surface area contributed by atoms with Gasteiger partial charge in [-0.25, -0.2) is 0 Å². The molecule has 1 aliphatic rings. The second kappa shape index (κ2) is 5.66. The first-order valence-electron chi connectivity index (χ1n) is 6.44. The number of fused-ring (bicyclic) bond motifs is 1. The van der Waals surface area contributed by atoms with Gasteiger partial charge in [0.05, 0.1) is 5.69 Å². The van der Waals surface area contributed by atoms with Crippen LogP contribution in [0.3, 0.4) is 0 Å². The predicted molar refractivity (Wildman–Crippen MR) is 84.8 cm³/mol. The number of rotatable bonds is 3. The van der Waals surface area contributed by atoms with E-state index in [1.807, 2.05) is 25.1 Å². The summed E-state index contributed by atoms with van der Waals surface area (Å²) < 4.78 is 0. The summed E-state index contributed by atoms with van der Waals surface area (Å²) >= 11 is 3.81. The molecule has 2 N–H and O–H groups in total. The van der Waals surface area contributed by atoms with E-state index >= 15 is 0 Å². The van der Waals surface area contributed by atoms with Crippen LogP contribution >= 0.6 is 12.6 Å². The van der Waals surface area contributed by atoms with Crippen LogP contribution in [-0.2, 0) is 4.79 Å². The van der Waals surface area contributed by atoms with Gasteiger partial charge in [-0.05, 0) is 25.0 Å². The number of carbonyl (C=O) groups is 1. The SMILES string of the molecule is Cc1ccc2c(c1)/C(=N/NC(=N)S)C(=O)N2CC(C)C. The third-order valence-electron chi connectivity index (χ3n) is 2.97. The zero-order valence-electron chi connectivity index (χ0n) is 11.8.